The van der Waals surface area contributed by atoms with E-state index in [4.69, 9.17) is 8.83 Å². The van der Waals surface area contributed by atoms with Crippen LogP contribution in [0.1, 0.15) is 16.4 Å². The second kappa shape index (κ2) is 7.34. The molecule has 4 aromatic heterocycles. The smallest absolute Gasteiger partial charge is 0.289 e. The maximum atomic E-state index is 12.7. The van der Waals surface area contributed by atoms with Crippen LogP contribution in [0.5, 0.6) is 0 Å². The van der Waals surface area contributed by atoms with E-state index in [9.17, 15) is 9.59 Å². The van der Waals surface area contributed by atoms with Crippen molar-refractivity contribution in [2.45, 2.75) is 6.54 Å². The first-order chi connectivity index (χ1) is 14.2. The molecule has 0 radical (unpaired) electrons. The normalized spacial score (nSPS) is 15.2. The van der Waals surface area contributed by atoms with Gasteiger partial charge in [-0.05, 0) is 24.3 Å². The van der Waals surface area contributed by atoms with E-state index in [0.29, 0.717) is 47.2 Å². The zero-order valence-corrected chi connectivity index (χ0v) is 16.3. The number of amides is 1. The predicted molar refractivity (Wildman–Crippen MR) is 107 cm³/mol. The first kappa shape index (κ1) is 17.9. The first-order valence-electron chi connectivity index (χ1n) is 9.39. The molecule has 148 valence electrons. The Balaban J connectivity index is 1.29. The Morgan fingerprint density at radius 1 is 1.21 bits per heavy atom. The Kier molecular flexibility index (Phi) is 4.53. The lowest BCUT2D eigenvalue weighted by molar-refractivity contribution is -0.918. The summed E-state index contributed by atoms with van der Waals surface area (Å²) in [5.74, 6) is 1.62. The van der Waals surface area contributed by atoms with E-state index in [1.165, 1.54) is 22.5 Å². The highest BCUT2D eigenvalue weighted by Gasteiger charge is 2.26. The molecule has 9 heteroatoms. The molecule has 1 aliphatic heterocycles. The van der Waals surface area contributed by atoms with Crippen molar-refractivity contribution in [3.8, 4) is 11.3 Å². The third-order valence-electron chi connectivity index (χ3n) is 5.19. The van der Waals surface area contributed by atoms with Crippen LogP contribution in [-0.4, -0.2) is 47.0 Å². The molecule has 0 bridgehead atoms. The van der Waals surface area contributed by atoms with Crippen LogP contribution in [0.3, 0.4) is 0 Å². The summed E-state index contributed by atoms with van der Waals surface area (Å²) >= 11 is 1.44. The SMILES string of the molecule is O=C(c1ccco1)N1CC[NH+](Cc2nc3scc(-c4ccco4)c3c(=O)[nH]2)CC1. The predicted octanol–water partition coefficient (Wildman–Crippen LogP) is 1.38. The molecule has 0 saturated carbocycles. The van der Waals surface area contributed by atoms with Gasteiger partial charge >= 0.3 is 0 Å². The number of aromatic nitrogens is 2. The van der Waals surface area contributed by atoms with Crippen molar-refractivity contribution in [1.29, 1.82) is 0 Å². The molecule has 0 aromatic carbocycles. The highest BCUT2D eigenvalue weighted by Crippen LogP contribution is 2.30. The number of fused-ring (bicyclic) bond motifs is 1. The molecule has 0 spiro atoms. The second-order valence-corrected chi connectivity index (χ2v) is 7.87. The van der Waals surface area contributed by atoms with Gasteiger partial charge in [0, 0.05) is 10.9 Å². The van der Waals surface area contributed by atoms with Crippen molar-refractivity contribution < 1.29 is 18.5 Å². The lowest BCUT2D eigenvalue weighted by Gasteiger charge is -2.31. The van der Waals surface area contributed by atoms with Gasteiger partial charge in [-0.15, -0.1) is 11.3 Å². The van der Waals surface area contributed by atoms with Gasteiger partial charge in [0.25, 0.3) is 11.5 Å². The van der Waals surface area contributed by atoms with Gasteiger partial charge in [-0.2, -0.15) is 0 Å². The number of piperazine rings is 1. The number of carbonyl (C=O) groups is 1. The largest absolute Gasteiger partial charge is 0.464 e. The summed E-state index contributed by atoms with van der Waals surface area (Å²) in [4.78, 5) is 36.4. The lowest BCUT2D eigenvalue weighted by Crippen LogP contribution is -3.13. The zero-order valence-electron chi connectivity index (χ0n) is 15.5. The number of furan rings is 2. The minimum atomic E-state index is -0.149. The quantitative estimate of drug-likeness (QED) is 0.529. The van der Waals surface area contributed by atoms with Crippen molar-refractivity contribution in [3.63, 3.8) is 0 Å². The highest BCUT2D eigenvalue weighted by molar-refractivity contribution is 7.17. The van der Waals surface area contributed by atoms with Crippen molar-refractivity contribution >= 4 is 27.5 Å². The van der Waals surface area contributed by atoms with Crippen LogP contribution in [0.4, 0.5) is 0 Å². The van der Waals surface area contributed by atoms with Gasteiger partial charge in [0.2, 0.25) is 0 Å². The summed E-state index contributed by atoms with van der Waals surface area (Å²) in [5.41, 5.74) is 0.622. The Morgan fingerprint density at radius 2 is 2.00 bits per heavy atom. The topological polar surface area (TPSA) is 96.8 Å². The van der Waals surface area contributed by atoms with Crippen LogP contribution in [-0.2, 0) is 6.54 Å². The van der Waals surface area contributed by atoms with Crippen LogP contribution in [0.15, 0.2) is 55.8 Å². The molecule has 1 aliphatic rings. The molecular weight excluding hydrogens is 392 g/mol. The number of hydrogen-bond donors (Lipinski definition) is 2. The van der Waals surface area contributed by atoms with E-state index in [0.717, 1.165) is 18.7 Å². The van der Waals surface area contributed by atoms with Gasteiger partial charge in [-0.25, -0.2) is 4.98 Å². The van der Waals surface area contributed by atoms with E-state index >= 15 is 0 Å². The number of thiophene rings is 1. The fraction of sp³-hybridized carbons (Fsp3) is 0.250. The molecular formula is C20H19N4O4S+. The summed E-state index contributed by atoms with van der Waals surface area (Å²) in [6.45, 7) is 3.47. The number of quaternary nitrogens is 1. The third kappa shape index (κ3) is 3.39. The van der Waals surface area contributed by atoms with E-state index in [2.05, 4.69) is 9.97 Å². The van der Waals surface area contributed by atoms with Crippen molar-refractivity contribution in [2.75, 3.05) is 26.2 Å². The molecule has 1 fully saturated rings. The van der Waals surface area contributed by atoms with Crippen LogP contribution in [0.25, 0.3) is 21.5 Å². The molecule has 0 atom stereocenters. The Labute approximate surface area is 169 Å². The van der Waals surface area contributed by atoms with Crippen LogP contribution < -0.4 is 10.5 Å². The van der Waals surface area contributed by atoms with Crippen molar-refractivity contribution in [2.24, 2.45) is 0 Å². The number of hydrogen-bond acceptors (Lipinski definition) is 6. The molecule has 5 heterocycles. The number of rotatable bonds is 4. The maximum Gasteiger partial charge on any atom is 0.289 e. The van der Waals surface area contributed by atoms with Gasteiger partial charge < -0.3 is 23.6 Å². The molecule has 4 aromatic rings. The molecule has 0 aliphatic carbocycles. The van der Waals surface area contributed by atoms with Gasteiger partial charge in [0.15, 0.2) is 11.6 Å². The van der Waals surface area contributed by atoms with E-state index < -0.39 is 0 Å². The first-order valence-corrected chi connectivity index (χ1v) is 10.3. The number of nitrogens with one attached hydrogen (secondary N) is 2. The lowest BCUT2D eigenvalue weighted by atomic mass is 10.2. The fourth-order valence-electron chi connectivity index (χ4n) is 3.69. The third-order valence-corrected chi connectivity index (χ3v) is 6.06. The summed E-state index contributed by atoms with van der Waals surface area (Å²) < 4.78 is 10.6. The summed E-state index contributed by atoms with van der Waals surface area (Å²) in [5, 5.41) is 2.47. The molecule has 0 unspecified atom stereocenters. The molecule has 29 heavy (non-hydrogen) atoms. The number of nitrogens with zero attached hydrogens (tertiary/aromatic N) is 2. The van der Waals surface area contributed by atoms with Crippen molar-refractivity contribution in [1.82, 2.24) is 14.9 Å². The maximum absolute atomic E-state index is 12.7. The number of carbonyl (C=O) groups excluding carboxylic acids is 1. The Morgan fingerprint density at radius 3 is 2.72 bits per heavy atom. The minimum Gasteiger partial charge on any atom is -0.464 e. The van der Waals surface area contributed by atoms with Gasteiger partial charge in [-0.3, -0.25) is 9.59 Å². The average Bonchev–Trinajstić information content (AvgIpc) is 3.48. The summed E-state index contributed by atoms with van der Waals surface area (Å²) in [7, 11) is 0. The van der Waals surface area contributed by atoms with E-state index in [-0.39, 0.29) is 11.5 Å². The van der Waals surface area contributed by atoms with Crippen LogP contribution in [0, 0.1) is 0 Å². The molecule has 5 rings (SSSR count). The average molecular weight is 411 g/mol. The molecule has 8 nitrogen and oxygen atoms in total. The molecule has 1 saturated heterocycles. The fourth-order valence-corrected chi connectivity index (χ4v) is 4.63. The Bertz CT molecular complexity index is 1190. The minimum absolute atomic E-state index is 0.0777. The Hall–Kier alpha value is -3.17. The van der Waals surface area contributed by atoms with E-state index in [1.807, 2.05) is 11.4 Å². The molecule has 1 amide bonds. The van der Waals surface area contributed by atoms with E-state index in [1.54, 1.807) is 29.4 Å². The van der Waals surface area contributed by atoms with Gasteiger partial charge in [-0.1, -0.05) is 0 Å². The van der Waals surface area contributed by atoms with Crippen molar-refractivity contribution in [3.05, 3.63) is 64.1 Å². The van der Waals surface area contributed by atoms with Crippen LogP contribution in [0.2, 0.25) is 0 Å². The monoisotopic (exact) mass is 411 g/mol. The standard InChI is InChI=1S/C20H18N4O4S/c25-18-17-13(14-3-1-9-27-14)12-29-19(17)22-16(21-18)11-23-5-7-24(8-6-23)20(26)15-4-2-10-28-15/h1-4,9-10,12H,5-8,11H2,(H,21,22,25)/p+1. The van der Waals surface area contributed by atoms with Crippen LogP contribution >= 0.6 is 11.3 Å². The highest BCUT2D eigenvalue weighted by atomic mass is 32.1. The second-order valence-electron chi connectivity index (χ2n) is 7.02. The number of H-pyrrole nitrogens is 1. The zero-order chi connectivity index (χ0) is 19.8. The van der Waals surface area contributed by atoms with Gasteiger partial charge in [0.1, 0.15) is 17.1 Å². The summed E-state index contributed by atoms with van der Waals surface area (Å²) in [6.07, 6.45) is 3.10. The summed E-state index contributed by atoms with van der Waals surface area (Å²) in [6, 6.07) is 7.04. The molecule has 2 N–H and O–H groups in total. The number of aromatic amines is 1. The van der Waals surface area contributed by atoms with Gasteiger partial charge in [0.05, 0.1) is 44.1 Å².